The number of hydrogen-bond donors (Lipinski definition) is 2. The minimum Gasteiger partial charge on any atom is -0.391 e. The molecule has 3 rings (SSSR count). The molecule has 0 radical (unpaired) electrons. The number of hydrogen-bond acceptors (Lipinski definition) is 5. The van der Waals surface area contributed by atoms with Crippen LogP contribution in [0.1, 0.15) is 23.7 Å². The average molecular weight is 315 g/mol. The molecule has 1 amide bonds. The maximum atomic E-state index is 12.0. The van der Waals surface area contributed by atoms with Crippen molar-refractivity contribution in [1.82, 2.24) is 10.1 Å². The van der Waals surface area contributed by atoms with Crippen LogP contribution < -0.4 is 5.32 Å². The molecule has 6 nitrogen and oxygen atoms in total. The second-order valence-corrected chi connectivity index (χ2v) is 5.98. The summed E-state index contributed by atoms with van der Waals surface area (Å²) in [4.78, 5) is 14.0. The highest BCUT2D eigenvalue weighted by atomic mass is 16.5. The molecule has 0 unspecified atom stereocenters. The SMILES string of the molecule is Cc1cc(NC(=O)CN2CC[C@@H](c3ccccc3)[C@H](O)C2)no1. The van der Waals surface area contributed by atoms with Crippen molar-refractivity contribution < 1.29 is 14.4 Å². The predicted octanol–water partition coefficient (Wildman–Crippen LogP) is 1.77. The van der Waals surface area contributed by atoms with Gasteiger partial charge in [-0.1, -0.05) is 35.5 Å². The first kappa shape index (κ1) is 15.7. The number of anilines is 1. The normalized spacial score (nSPS) is 22.0. The van der Waals surface area contributed by atoms with Gasteiger partial charge in [-0.2, -0.15) is 0 Å². The van der Waals surface area contributed by atoms with Crippen LogP contribution in [-0.2, 0) is 4.79 Å². The fourth-order valence-electron chi connectivity index (χ4n) is 3.04. The van der Waals surface area contributed by atoms with Crippen LogP contribution in [0.2, 0.25) is 0 Å². The van der Waals surface area contributed by atoms with Gasteiger partial charge in [0.25, 0.3) is 0 Å². The third-order valence-corrected chi connectivity index (χ3v) is 4.16. The van der Waals surface area contributed by atoms with Crippen LogP contribution in [0.25, 0.3) is 0 Å². The lowest BCUT2D eigenvalue weighted by Crippen LogP contribution is -2.45. The van der Waals surface area contributed by atoms with Crippen LogP contribution in [0.3, 0.4) is 0 Å². The molecule has 0 bridgehead atoms. The minimum absolute atomic E-state index is 0.133. The third-order valence-electron chi connectivity index (χ3n) is 4.16. The average Bonchev–Trinajstić information content (AvgIpc) is 2.93. The fourth-order valence-corrected chi connectivity index (χ4v) is 3.04. The van der Waals surface area contributed by atoms with E-state index in [4.69, 9.17) is 4.52 Å². The Labute approximate surface area is 135 Å². The topological polar surface area (TPSA) is 78.6 Å². The number of nitrogens with zero attached hydrogens (tertiary/aromatic N) is 2. The van der Waals surface area contributed by atoms with Gasteiger partial charge in [-0.25, -0.2) is 0 Å². The molecule has 6 heteroatoms. The minimum atomic E-state index is -0.465. The van der Waals surface area contributed by atoms with Crippen molar-refractivity contribution in [2.45, 2.75) is 25.4 Å². The van der Waals surface area contributed by atoms with E-state index in [1.165, 1.54) is 0 Å². The molecular weight excluding hydrogens is 294 g/mol. The van der Waals surface area contributed by atoms with Gasteiger partial charge >= 0.3 is 0 Å². The second kappa shape index (κ2) is 6.93. The summed E-state index contributed by atoms with van der Waals surface area (Å²) in [6.07, 6.45) is 0.370. The Morgan fingerprint density at radius 2 is 2.22 bits per heavy atom. The van der Waals surface area contributed by atoms with E-state index in [9.17, 15) is 9.90 Å². The maximum Gasteiger partial charge on any atom is 0.239 e. The van der Waals surface area contributed by atoms with Gasteiger partial charge in [0.2, 0.25) is 5.91 Å². The molecule has 1 aromatic heterocycles. The van der Waals surface area contributed by atoms with E-state index in [1.54, 1.807) is 13.0 Å². The van der Waals surface area contributed by atoms with E-state index >= 15 is 0 Å². The highest BCUT2D eigenvalue weighted by molar-refractivity contribution is 5.91. The Balaban J connectivity index is 1.52. The first-order valence-corrected chi connectivity index (χ1v) is 7.80. The van der Waals surface area contributed by atoms with Crippen LogP contribution >= 0.6 is 0 Å². The first-order chi connectivity index (χ1) is 11.1. The van der Waals surface area contributed by atoms with Crippen LogP contribution in [0.4, 0.5) is 5.82 Å². The van der Waals surface area contributed by atoms with Gasteiger partial charge in [0.05, 0.1) is 12.6 Å². The van der Waals surface area contributed by atoms with Crippen LogP contribution in [0, 0.1) is 6.92 Å². The van der Waals surface area contributed by atoms with Crippen molar-refractivity contribution in [3.63, 3.8) is 0 Å². The molecule has 1 aliphatic heterocycles. The number of carbonyl (C=O) groups excluding carboxylic acids is 1. The molecule has 2 atom stereocenters. The Bertz CT molecular complexity index is 656. The molecule has 1 saturated heterocycles. The molecule has 0 aliphatic carbocycles. The summed E-state index contributed by atoms with van der Waals surface area (Å²) >= 11 is 0. The van der Waals surface area contributed by atoms with Gasteiger partial charge in [-0.3, -0.25) is 9.69 Å². The van der Waals surface area contributed by atoms with E-state index in [0.29, 0.717) is 18.1 Å². The Morgan fingerprint density at radius 1 is 1.43 bits per heavy atom. The van der Waals surface area contributed by atoms with Crippen LogP contribution in [0.15, 0.2) is 40.9 Å². The summed E-state index contributed by atoms with van der Waals surface area (Å²) in [6, 6.07) is 11.7. The van der Waals surface area contributed by atoms with Crippen molar-refractivity contribution in [3.8, 4) is 0 Å². The van der Waals surface area contributed by atoms with Crippen molar-refractivity contribution in [3.05, 3.63) is 47.7 Å². The van der Waals surface area contributed by atoms with Gasteiger partial charge in [0.1, 0.15) is 5.76 Å². The molecular formula is C17H21N3O3. The van der Waals surface area contributed by atoms with Crippen molar-refractivity contribution in [1.29, 1.82) is 0 Å². The molecule has 1 aromatic carbocycles. The van der Waals surface area contributed by atoms with Gasteiger partial charge in [-0.05, 0) is 25.5 Å². The van der Waals surface area contributed by atoms with Crippen LogP contribution in [0.5, 0.6) is 0 Å². The molecule has 1 aliphatic rings. The smallest absolute Gasteiger partial charge is 0.239 e. The third kappa shape index (κ3) is 3.97. The van der Waals surface area contributed by atoms with E-state index in [0.717, 1.165) is 18.5 Å². The lowest BCUT2D eigenvalue weighted by molar-refractivity contribution is -0.118. The lowest BCUT2D eigenvalue weighted by Gasteiger charge is -2.35. The van der Waals surface area contributed by atoms with Gasteiger partial charge < -0.3 is 14.9 Å². The molecule has 122 valence electrons. The zero-order valence-electron chi connectivity index (χ0n) is 13.1. The fraction of sp³-hybridized carbons (Fsp3) is 0.412. The first-order valence-electron chi connectivity index (χ1n) is 7.80. The summed E-state index contributed by atoms with van der Waals surface area (Å²) < 4.78 is 4.92. The Kier molecular flexibility index (Phi) is 4.73. The highest BCUT2D eigenvalue weighted by Crippen LogP contribution is 2.28. The lowest BCUT2D eigenvalue weighted by atomic mass is 9.87. The molecule has 2 aromatic rings. The number of aryl methyl sites for hydroxylation is 1. The standard InChI is InChI=1S/C17H21N3O3/c1-12-9-16(19-23-12)18-17(22)11-20-8-7-14(15(21)10-20)13-5-3-2-4-6-13/h2-6,9,14-15,21H,7-8,10-11H2,1H3,(H,18,19,22)/t14-,15+/m0/s1. The van der Waals surface area contributed by atoms with E-state index in [2.05, 4.69) is 10.5 Å². The number of benzene rings is 1. The zero-order valence-corrected chi connectivity index (χ0v) is 13.1. The van der Waals surface area contributed by atoms with E-state index in [-0.39, 0.29) is 18.4 Å². The van der Waals surface area contributed by atoms with E-state index in [1.807, 2.05) is 35.2 Å². The monoisotopic (exact) mass is 315 g/mol. The summed E-state index contributed by atoms with van der Waals surface area (Å²) in [5, 5.41) is 16.8. The Morgan fingerprint density at radius 3 is 2.87 bits per heavy atom. The van der Waals surface area contributed by atoms with Gasteiger partial charge in [0.15, 0.2) is 5.82 Å². The molecule has 2 heterocycles. The number of piperidine rings is 1. The zero-order chi connectivity index (χ0) is 16.2. The highest BCUT2D eigenvalue weighted by Gasteiger charge is 2.29. The maximum absolute atomic E-state index is 12.0. The van der Waals surface area contributed by atoms with Gasteiger partial charge in [0, 0.05) is 18.5 Å². The number of likely N-dealkylation sites (tertiary alicyclic amines) is 1. The number of amides is 1. The Hall–Kier alpha value is -2.18. The second-order valence-electron chi connectivity index (χ2n) is 5.98. The number of aliphatic hydroxyl groups excluding tert-OH is 1. The largest absolute Gasteiger partial charge is 0.391 e. The van der Waals surface area contributed by atoms with Crippen molar-refractivity contribution in [2.24, 2.45) is 0 Å². The van der Waals surface area contributed by atoms with Crippen molar-refractivity contribution in [2.75, 3.05) is 25.0 Å². The molecule has 2 N–H and O–H groups in total. The number of carbonyl (C=O) groups is 1. The predicted molar refractivity (Wildman–Crippen MR) is 86.1 cm³/mol. The number of rotatable bonds is 4. The van der Waals surface area contributed by atoms with Crippen LogP contribution in [-0.4, -0.2) is 46.8 Å². The number of aromatic nitrogens is 1. The summed E-state index contributed by atoms with van der Waals surface area (Å²) in [5.74, 6) is 1.06. The summed E-state index contributed by atoms with van der Waals surface area (Å²) in [7, 11) is 0. The van der Waals surface area contributed by atoms with Crippen molar-refractivity contribution >= 4 is 11.7 Å². The number of nitrogens with one attached hydrogen (secondary N) is 1. The summed E-state index contributed by atoms with van der Waals surface area (Å²) in [5.41, 5.74) is 1.15. The molecule has 1 fully saturated rings. The summed E-state index contributed by atoms with van der Waals surface area (Å²) in [6.45, 7) is 3.28. The molecule has 0 spiro atoms. The molecule has 0 saturated carbocycles. The van der Waals surface area contributed by atoms with Gasteiger partial charge in [-0.15, -0.1) is 0 Å². The molecule has 23 heavy (non-hydrogen) atoms. The van der Waals surface area contributed by atoms with E-state index < -0.39 is 6.10 Å². The quantitative estimate of drug-likeness (QED) is 0.899. The number of β-amino-alcohol motifs (C(OH)–C–C–N with tert-alkyl or cyclic N) is 1. The number of aliphatic hydroxyl groups is 1.